The molecule has 0 unspecified atom stereocenters. The number of pyridine rings is 1. The van der Waals surface area contributed by atoms with Crippen LogP contribution in [0.1, 0.15) is 12.2 Å². The quantitative estimate of drug-likeness (QED) is 0.630. The van der Waals surface area contributed by atoms with Gasteiger partial charge in [0, 0.05) is 20.1 Å². The maximum atomic E-state index is 5.01. The van der Waals surface area contributed by atoms with Crippen molar-refractivity contribution in [2.75, 3.05) is 13.7 Å². The van der Waals surface area contributed by atoms with Gasteiger partial charge in [-0.1, -0.05) is 6.07 Å². The van der Waals surface area contributed by atoms with Gasteiger partial charge in [0.05, 0.1) is 4.60 Å². The first-order chi connectivity index (χ1) is 7.33. The van der Waals surface area contributed by atoms with E-state index in [9.17, 15) is 0 Å². The minimum Gasteiger partial charge on any atom is -0.385 e. The molecule has 0 N–H and O–H groups in total. The van der Waals surface area contributed by atoms with Gasteiger partial charge in [-0.05, 0) is 34.5 Å². The Balaban J connectivity index is 2.27. The van der Waals surface area contributed by atoms with Crippen molar-refractivity contribution in [2.45, 2.75) is 12.8 Å². The number of rotatable bonds is 4. The third-order valence-corrected chi connectivity index (χ3v) is 2.82. The van der Waals surface area contributed by atoms with Gasteiger partial charge >= 0.3 is 0 Å². The molecule has 0 aliphatic rings. The SMILES string of the molecule is COCCCc1nnc2cccc(Br)n12. The molecule has 0 spiro atoms. The molecule has 0 bridgehead atoms. The molecule has 0 aliphatic carbocycles. The van der Waals surface area contributed by atoms with E-state index in [0.717, 1.165) is 35.5 Å². The molecule has 0 amide bonds. The fourth-order valence-corrected chi connectivity index (χ4v) is 2.03. The fraction of sp³-hybridized carbons (Fsp3) is 0.400. The van der Waals surface area contributed by atoms with Crippen molar-refractivity contribution in [1.82, 2.24) is 14.6 Å². The van der Waals surface area contributed by atoms with Crippen LogP contribution in [-0.4, -0.2) is 28.3 Å². The Hall–Kier alpha value is -0.940. The molecule has 0 saturated carbocycles. The Morgan fingerprint density at radius 2 is 2.27 bits per heavy atom. The van der Waals surface area contributed by atoms with Gasteiger partial charge in [0.1, 0.15) is 5.82 Å². The van der Waals surface area contributed by atoms with Crippen LogP contribution in [0.25, 0.3) is 5.65 Å². The van der Waals surface area contributed by atoms with Crippen LogP contribution in [0, 0.1) is 0 Å². The van der Waals surface area contributed by atoms with Crippen LogP contribution in [0.15, 0.2) is 22.8 Å². The highest BCUT2D eigenvalue weighted by atomic mass is 79.9. The number of nitrogens with zero attached hydrogens (tertiary/aromatic N) is 3. The summed E-state index contributed by atoms with van der Waals surface area (Å²) in [7, 11) is 1.71. The molecule has 2 aromatic rings. The first-order valence-corrected chi connectivity index (χ1v) is 5.59. The third-order valence-electron chi connectivity index (χ3n) is 2.20. The van der Waals surface area contributed by atoms with E-state index in [1.54, 1.807) is 7.11 Å². The van der Waals surface area contributed by atoms with E-state index in [1.807, 2.05) is 22.6 Å². The molecule has 0 fully saturated rings. The smallest absolute Gasteiger partial charge is 0.161 e. The highest BCUT2D eigenvalue weighted by molar-refractivity contribution is 9.10. The lowest BCUT2D eigenvalue weighted by Gasteiger charge is -2.01. The number of fused-ring (bicyclic) bond motifs is 1. The lowest BCUT2D eigenvalue weighted by Crippen LogP contribution is -1.99. The van der Waals surface area contributed by atoms with Crippen LogP contribution < -0.4 is 0 Å². The highest BCUT2D eigenvalue weighted by Crippen LogP contribution is 2.14. The second-order valence-electron chi connectivity index (χ2n) is 3.25. The summed E-state index contributed by atoms with van der Waals surface area (Å²) in [6, 6.07) is 5.88. The lowest BCUT2D eigenvalue weighted by molar-refractivity contribution is 0.194. The lowest BCUT2D eigenvalue weighted by atomic mass is 10.3. The van der Waals surface area contributed by atoms with Gasteiger partial charge in [-0.15, -0.1) is 10.2 Å². The molecule has 2 rings (SSSR count). The van der Waals surface area contributed by atoms with Crippen molar-refractivity contribution in [3.8, 4) is 0 Å². The van der Waals surface area contributed by atoms with E-state index in [1.165, 1.54) is 0 Å². The number of halogens is 1. The van der Waals surface area contributed by atoms with Crippen molar-refractivity contribution < 1.29 is 4.74 Å². The molecule has 0 atom stereocenters. The predicted octanol–water partition coefficient (Wildman–Crippen LogP) is 2.07. The minimum atomic E-state index is 0.749. The topological polar surface area (TPSA) is 39.4 Å². The fourth-order valence-electron chi connectivity index (χ4n) is 1.50. The second-order valence-corrected chi connectivity index (χ2v) is 4.07. The number of hydrogen-bond acceptors (Lipinski definition) is 3. The molecule has 4 nitrogen and oxygen atoms in total. The molecule has 0 aliphatic heterocycles. The van der Waals surface area contributed by atoms with E-state index < -0.39 is 0 Å². The van der Waals surface area contributed by atoms with E-state index in [-0.39, 0.29) is 0 Å². The molecule has 0 radical (unpaired) electrons. The summed E-state index contributed by atoms with van der Waals surface area (Å²) in [6.45, 7) is 0.749. The molecule has 0 aromatic carbocycles. The largest absolute Gasteiger partial charge is 0.385 e. The maximum absolute atomic E-state index is 5.01. The third kappa shape index (κ3) is 2.18. The van der Waals surface area contributed by atoms with Crippen LogP contribution in [0.2, 0.25) is 0 Å². The maximum Gasteiger partial charge on any atom is 0.161 e. The van der Waals surface area contributed by atoms with Crippen LogP contribution in [0.4, 0.5) is 0 Å². The van der Waals surface area contributed by atoms with Gasteiger partial charge < -0.3 is 4.74 Å². The summed E-state index contributed by atoms with van der Waals surface area (Å²) in [4.78, 5) is 0. The number of aryl methyl sites for hydroxylation is 1. The molecular weight excluding hydrogens is 258 g/mol. The van der Waals surface area contributed by atoms with Gasteiger partial charge in [0.15, 0.2) is 5.65 Å². The summed E-state index contributed by atoms with van der Waals surface area (Å²) in [5.41, 5.74) is 0.872. The summed E-state index contributed by atoms with van der Waals surface area (Å²) < 4.78 is 8.01. The Bertz CT molecular complexity index is 455. The molecule has 0 saturated heterocycles. The van der Waals surface area contributed by atoms with Gasteiger partial charge in [0.2, 0.25) is 0 Å². The molecule has 80 valence electrons. The van der Waals surface area contributed by atoms with Gasteiger partial charge in [-0.2, -0.15) is 0 Å². The Kier molecular flexibility index (Phi) is 3.33. The van der Waals surface area contributed by atoms with Crippen molar-refractivity contribution in [3.63, 3.8) is 0 Å². The van der Waals surface area contributed by atoms with Gasteiger partial charge in [0.25, 0.3) is 0 Å². The average molecular weight is 270 g/mol. The number of ether oxygens (including phenoxy) is 1. The summed E-state index contributed by atoms with van der Waals surface area (Å²) in [5.74, 6) is 0.967. The van der Waals surface area contributed by atoms with E-state index in [4.69, 9.17) is 4.74 Å². The zero-order chi connectivity index (χ0) is 10.7. The van der Waals surface area contributed by atoms with Crippen molar-refractivity contribution in [3.05, 3.63) is 28.6 Å². The minimum absolute atomic E-state index is 0.749. The molecule has 2 heterocycles. The highest BCUT2D eigenvalue weighted by Gasteiger charge is 2.06. The number of hydrogen-bond donors (Lipinski definition) is 0. The zero-order valence-corrected chi connectivity index (χ0v) is 10.1. The van der Waals surface area contributed by atoms with Crippen molar-refractivity contribution >= 4 is 21.6 Å². The summed E-state index contributed by atoms with van der Waals surface area (Å²) in [5, 5.41) is 8.26. The van der Waals surface area contributed by atoms with Crippen molar-refractivity contribution in [1.29, 1.82) is 0 Å². The predicted molar refractivity (Wildman–Crippen MR) is 60.9 cm³/mol. The van der Waals surface area contributed by atoms with E-state index in [0.29, 0.717) is 0 Å². The Morgan fingerprint density at radius 1 is 1.40 bits per heavy atom. The standard InChI is InChI=1S/C10H12BrN3O/c1-15-7-3-6-10-13-12-9-5-2-4-8(11)14(9)10/h2,4-5H,3,6-7H2,1H3. The molecular formula is C10H12BrN3O. The zero-order valence-electron chi connectivity index (χ0n) is 8.48. The number of aromatic nitrogens is 3. The first kappa shape index (κ1) is 10.6. The normalized spacial score (nSPS) is 11.1. The Morgan fingerprint density at radius 3 is 3.07 bits per heavy atom. The average Bonchev–Trinajstić information content (AvgIpc) is 2.63. The van der Waals surface area contributed by atoms with Crippen LogP contribution in [0.3, 0.4) is 0 Å². The van der Waals surface area contributed by atoms with Crippen LogP contribution >= 0.6 is 15.9 Å². The second kappa shape index (κ2) is 4.72. The van der Waals surface area contributed by atoms with Gasteiger partial charge in [-0.3, -0.25) is 4.40 Å². The first-order valence-electron chi connectivity index (χ1n) is 4.80. The van der Waals surface area contributed by atoms with E-state index >= 15 is 0 Å². The monoisotopic (exact) mass is 269 g/mol. The molecule has 2 aromatic heterocycles. The Labute approximate surface area is 96.4 Å². The van der Waals surface area contributed by atoms with Gasteiger partial charge in [-0.25, -0.2) is 0 Å². The summed E-state index contributed by atoms with van der Waals surface area (Å²) in [6.07, 6.45) is 1.83. The molecule has 5 heteroatoms. The van der Waals surface area contributed by atoms with Crippen LogP contribution in [-0.2, 0) is 11.2 Å². The number of methoxy groups -OCH3 is 1. The summed E-state index contributed by atoms with van der Waals surface area (Å²) >= 11 is 3.49. The van der Waals surface area contributed by atoms with Crippen LogP contribution in [0.5, 0.6) is 0 Å². The molecule has 15 heavy (non-hydrogen) atoms. The van der Waals surface area contributed by atoms with E-state index in [2.05, 4.69) is 26.1 Å². The van der Waals surface area contributed by atoms with Crippen molar-refractivity contribution in [2.24, 2.45) is 0 Å².